The molecule has 0 heterocycles. The molecule has 5 heteroatoms. The summed E-state index contributed by atoms with van der Waals surface area (Å²) in [5.41, 5.74) is 0.436. The van der Waals surface area contributed by atoms with E-state index < -0.39 is 0 Å². The largest absolute Gasteiger partial charge is 0.507 e. The molecular formula is C12H13BrClNO2. The van der Waals surface area contributed by atoms with Crippen molar-refractivity contribution in [2.24, 2.45) is 5.92 Å². The third kappa shape index (κ3) is 3.36. The molecule has 1 unspecified atom stereocenters. The van der Waals surface area contributed by atoms with Crippen molar-refractivity contribution >= 4 is 33.4 Å². The van der Waals surface area contributed by atoms with Crippen LogP contribution < -0.4 is 5.32 Å². The fourth-order valence-corrected chi connectivity index (χ4v) is 2.15. The molecule has 3 nitrogen and oxygen atoms in total. The van der Waals surface area contributed by atoms with E-state index in [1.807, 2.05) is 0 Å². The van der Waals surface area contributed by atoms with E-state index in [1.54, 1.807) is 12.1 Å². The van der Waals surface area contributed by atoms with Crippen LogP contribution in [0.2, 0.25) is 0 Å². The maximum atomic E-state index is 11.8. The van der Waals surface area contributed by atoms with Crippen LogP contribution in [0.4, 0.5) is 0 Å². The van der Waals surface area contributed by atoms with Crippen LogP contribution in [0.5, 0.6) is 5.75 Å². The Bertz CT molecular complexity index is 435. The summed E-state index contributed by atoms with van der Waals surface area (Å²) in [7, 11) is 0. The number of alkyl halides is 1. The van der Waals surface area contributed by atoms with Crippen LogP contribution in [-0.4, -0.2) is 22.9 Å². The number of amides is 1. The van der Waals surface area contributed by atoms with Crippen LogP contribution in [0.25, 0.3) is 0 Å². The minimum atomic E-state index is -0.209. The Morgan fingerprint density at radius 2 is 2.29 bits per heavy atom. The van der Waals surface area contributed by atoms with Gasteiger partial charge in [0, 0.05) is 12.1 Å². The fourth-order valence-electron chi connectivity index (χ4n) is 1.57. The Balaban J connectivity index is 1.92. The number of carbonyl (C=O) groups excluding carboxylic acids is 1. The van der Waals surface area contributed by atoms with Crippen LogP contribution in [0.1, 0.15) is 23.2 Å². The number of carbonyl (C=O) groups is 1. The van der Waals surface area contributed by atoms with Gasteiger partial charge >= 0.3 is 0 Å². The second kappa shape index (κ2) is 5.27. The molecule has 1 aliphatic carbocycles. The van der Waals surface area contributed by atoms with E-state index in [9.17, 15) is 9.90 Å². The zero-order valence-corrected chi connectivity index (χ0v) is 11.5. The van der Waals surface area contributed by atoms with E-state index in [1.165, 1.54) is 6.07 Å². The van der Waals surface area contributed by atoms with Crippen molar-refractivity contribution in [2.75, 3.05) is 6.54 Å². The molecule has 0 radical (unpaired) electrons. The second-order valence-electron chi connectivity index (χ2n) is 4.23. The molecular weight excluding hydrogens is 305 g/mol. The monoisotopic (exact) mass is 317 g/mol. The van der Waals surface area contributed by atoms with E-state index in [-0.39, 0.29) is 17.0 Å². The Morgan fingerprint density at radius 1 is 1.59 bits per heavy atom. The summed E-state index contributed by atoms with van der Waals surface area (Å²) in [4.78, 5) is 11.8. The van der Waals surface area contributed by atoms with Crippen LogP contribution in [0.15, 0.2) is 22.7 Å². The highest BCUT2D eigenvalue weighted by atomic mass is 79.9. The van der Waals surface area contributed by atoms with E-state index in [0.717, 1.165) is 12.8 Å². The van der Waals surface area contributed by atoms with Gasteiger partial charge in [0.2, 0.25) is 0 Å². The fraction of sp³-hybridized carbons (Fsp3) is 0.417. The van der Waals surface area contributed by atoms with Crippen LogP contribution in [-0.2, 0) is 0 Å². The van der Waals surface area contributed by atoms with Gasteiger partial charge < -0.3 is 10.4 Å². The lowest BCUT2D eigenvalue weighted by Gasteiger charge is -2.10. The Labute approximate surface area is 113 Å². The lowest BCUT2D eigenvalue weighted by atomic mass is 10.2. The summed E-state index contributed by atoms with van der Waals surface area (Å²) in [5, 5.41) is 12.3. The van der Waals surface area contributed by atoms with E-state index in [4.69, 9.17) is 11.6 Å². The Morgan fingerprint density at radius 3 is 2.88 bits per heavy atom. The summed E-state index contributed by atoms with van der Waals surface area (Å²) < 4.78 is 0.572. The number of rotatable bonds is 4. The van der Waals surface area contributed by atoms with Crippen molar-refractivity contribution < 1.29 is 9.90 Å². The predicted octanol–water partition coefficient (Wildman–Crippen LogP) is 2.90. The third-order valence-electron chi connectivity index (χ3n) is 2.80. The van der Waals surface area contributed by atoms with E-state index in [0.29, 0.717) is 22.5 Å². The molecule has 2 rings (SSSR count). The molecule has 0 aliphatic heterocycles. The Kier molecular flexibility index (Phi) is 3.94. The maximum absolute atomic E-state index is 11.8. The minimum absolute atomic E-state index is 0.0167. The summed E-state index contributed by atoms with van der Waals surface area (Å²) in [5.74, 6) is 0.400. The van der Waals surface area contributed by atoms with Crippen LogP contribution in [0.3, 0.4) is 0 Å². The van der Waals surface area contributed by atoms with E-state index >= 15 is 0 Å². The van der Waals surface area contributed by atoms with Gasteiger partial charge in [-0.05, 0) is 52.9 Å². The molecule has 0 bridgehead atoms. The average Bonchev–Trinajstić information content (AvgIpc) is 3.13. The predicted molar refractivity (Wildman–Crippen MR) is 70.5 cm³/mol. The molecule has 0 spiro atoms. The molecule has 17 heavy (non-hydrogen) atoms. The van der Waals surface area contributed by atoms with Gasteiger partial charge in [0.15, 0.2) is 0 Å². The number of aromatic hydroxyl groups is 1. The van der Waals surface area contributed by atoms with Gasteiger partial charge in [-0.1, -0.05) is 0 Å². The van der Waals surface area contributed by atoms with Crippen molar-refractivity contribution in [2.45, 2.75) is 18.2 Å². The quantitative estimate of drug-likeness (QED) is 0.839. The number of phenols is 1. The number of hydrogen-bond donors (Lipinski definition) is 2. The summed E-state index contributed by atoms with van der Waals surface area (Å²) in [6.45, 7) is 0.474. The lowest BCUT2D eigenvalue weighted by Crippen LogP contribution is -2.30. The summed E-state index contributed by atoms with van der Waals surface area (Å²) >= 11 is 9.26. The molecule has 1 aliphatic rings. The van der Waals surface area contributed by atoms with Crippen molar-refractivity contribution in [1.29, 1.82) is 0 Å². The first-order valence-corrected chi connectivity index (χ1v) is 6.71. The normalized spacial score (nSPS) is 16.6. The maximum Gasteiger partial charge on any atom is 0.251 e. The Hall–Kier alpha value is -0.740. The van der Waals surface area contributed by atoms with Gasteiger partial charge in [-0.25, -0.2) is 0 Å². The number of nitrogens with one attached hydrogen (secondary N) is 1. The van der Waals surface area contributed by atoms with E-state index in [2.05, 4.69) is 21.2 Å². The highest BCUT2D eigenvalue weighted by molar-refractivity contribution is 9.10. The first-order valence-electron chi connectivity index (χ1n) is 5.48. The third-order valence-corrected chi connectivity index (χ3v) is 3.98. The molecule has 92 valence electrons. The van der Waals surface area contributed by atoms with Crippen LogP contribution in [0, 0.1) is 5.92 Å². The number of halogens is 2. The second-order valence-corrected chi connectivity index (χ2v) is 5.64. The first-order chi connectivity index (χ1) is 8.08. The molecule has 0 saturated heterocycles. The van der Waals surface area contributed by atoms with Gasteiger partial charge in [0.25, 0.3) is 5.91 Å². The van der Waals surface area contributed by atoms with Gasteiger partial charge in [0.05, 0.1) is 9.85 Å². The molecule has 1 saturated carbocycles. The molecule has 1 aromatic carbocycles. The summed E-state index contributed by atoms with van der Waals surface area (Å²) in [6, 6.07) is 4.72. The molecule has 1 fully saturated rings. The zero-order chi connectivity index (χ0) is 12.4. The summed E-state index contributed by atoms with van der Waals surface area (Å²) in [6.07, 6.45) is 2.31. The highest BCUT2D eigenvalue weighted by Crippen LogP contribution is 2.35. The number of phenolic OH excluding ortho intramolecular Hbond substituents is 1. The van der Waals surface area contributed by atoms with Gasteiger partial charge in [-0.15, -0.1) is 11.6 Å². The van der Waals surface area contributed by atoms with Gasteiger partial charge in [-0.2, -0.15) is 0 Å². The van der Waals surface area contributed by atoms with Crippen molar-refractivity contribution in [1.82, 2.24) is 5.32 Å². The van der Waals surface area contributed by atoms with Crippen molar-refractivity contribution in [3.63, 3.8) is 0 Å². The molecule has 0 aromatic heterocycles. The molecule has 2 N–H and O–H groups in total. The highest BCUT2D eigenvalue weighted by Gasteiger charge is 2.29. The zero-order valence-electron chi connectivity index (χ0n) is 9.12. The van der Waals surface area contributed by atoms with Crippen molar-refractivity contribution in [3.8, 4) is 5.75 Å². The standard InChI is InChI=1S/C12H13BrClNO2/c13-9-4-3-8(5-11(9)16)12(17)15-6-10(14)7-1-2-7/h3-5,7,10,16H,1-2,6H2,(H,15,17). The number of hydrogen-bond acceptors (Lipinski definition) is 2. The first kappa shape index (κ1) is 12.7. The van der Waals surface area contributed by atoms with Gasteiger partial charge in [0.1, 0.15) is 5.75 Å². The SMILES string of the molecule is O=C(NCC(Cl)C1CC1)c1ccc(Br)c(O)c1. The average molecular weight is 319 g/mol. The topological polar surface area (TPSA) is 49.3 Å². The minimum Gasteiger partial charge on any atom is -0.507 e. The van der Waals surface area contributed by atoms with Crippen molar-refractivity contribution in [3.05, 3.63) is 28.2 Å². The lowest BCUT2D eigenvalue weighted by molar-refractivity contribution is 0.0952. The molecule has 1 amide bonds. The molecule has 1 aromatic rings. The number of benzene rings is 1. The smallest absolute Gasteiger partial charge is 0.251 e. The van der Waals surface area contributed by atoms with Crippen LogP contribution >= 0.6 is 27.5 Å². The molecule has 1 atom stereocenters. The van der Waals surface area contributed by atoms with Gasteiger partial charge in [-0.3, -0.25) is 4.79 Å².